The lowest BCUT2D eigenvalue weighted by Crippen LogP contribution is -2.61. The predicted octanol–water partition coefficient (Wildman–Crippen LogP) is 6.26. The molecule has 264 valence electrons. The monoisotopic (exact) mass is 690 g/mol. The van der Waals surface area contributed by atoms with Crippen molar-refractivity contribution in [3.05, 3.63) is 11.6 Å². The van der Waals surface area contributed by atoms with Crippen LogP contribution in [0.25, 0.3) is 0 Å². The van der Waals surface area contributed by atoms with Gasteiger partial charge in [0.25, 0.3) is 5.97 Å². The maximum Gasteiger partial charge on any atom is 0.397 e. The lowest BCUT2D eigenvalue weighted by molar-refractivity contribution is -0.403. The highest BCUT2D eigenvalue weighted by molar-refractivity contribution is 7.81. The van der Waals surface area contributed by atoms with Crippen LogP contribution in [0, 0.1) is 46.3 Å². The summed E-state index contributed by atoms with van der Waals surface area (Å²) >= 11 is 0. The third-order valence-electron chi connectivity index (χ3n) is 13.5. The topological polar surface area (TPSA) is 155 Å². The number of ether oxygens (including phenoxy) is 3. The molecule has 2 N–H and O–H groups in total. The van der Waals surface area contributed by atoms with Gasteiger partial charge in [-0.15, -0.1) is 0 Å². The van der Waals surface area contributed by atoms with Gasteiger partial charge in [0.2, 0.25) is 0 Å². The van der Waals surface area contributed by atoms with Gasteiger partial charge >= 0.3 is 20.8 Å². The first-order valence-corrected chi connectivity index (χ1v) is 20.0. The first-order valence-electron chi connectivity index (χ1n) is 17.3. The zero-order chi connectivity index (χ0) is 33.7. The Morgan fingerprint density at radius 1 is 0.935 bits per heavy atom. The maximum atomic E-state index is 11.8. The third-order valence-corrected chi connectivity index (χ3v) is 14.5. The zero-order valence-electron chi connectivity index (χ0n) is 28.3. The number of hydrogen-bond acceptors (Lipinski definition) is 9. The minimum absolute atomic E-state index is 0.00260. The molecule has 4 saturated carbocycles. The van der Waals surface area contributed by atoms with E-state index in [1.54, 1.807) is 0 Å². The van der Waals surface area contributed by atoms with Crippen molar-refractivity contribution in [2.75, 3.05) is 0 Å². The fourth-order valence-electron chi connectivity index (χ4n) is 11.8. The van der Waals surface area contributed by atoms with Crippen LogP contribution in [0.2, 0.25) is 0 Å². The summed E-state index contributed by atoms with van der Waals surface area (Å²) in [6.07, 6.45) is 6.95. The third kappa shape index (κ3) is 5.85. The molecule has 6 aliphatic rings. The molecule has 4 aliphatic carbocycles. The quantitative estimate of drug-likeness (QED) is 0.208. The van der Waals surface area contributed by atoms with Gasteiger partial charge in [-0.3, -0.25) is 9.11 Å². The Balaban J connectivity index is 1.31. The van der Waals surface area contributed by atoms with E-state index in [0.717, 1.165) is 44.9 Å². The van der Waals surface area contributed by atoms with E-state index in [1.165, 1.54) is 5.57 Å². The lowest BCUT2D eigenvalue weighted by atomic mass is 9.44. The summed E-state index contributed by atoms with van der Waals surface area (Å²) in [6.45, 7) is 15.5. The van der Waals surface area contributed by atoms with Crippen LogP contribution in [0.4, 0.5) is 0 Å². The Kier molecular flexibility index (Phi) is 8.97. The molecular weight excluding hydrogens is 636 g/mol. The first kappa shape index (κ1) is 35.2. The molecule has 13 heteroatoms. The fraction of sp³-hybridized carbons (Fsp3) is 0.939. The smallest absolute Gasteiger partial charge is 0.324 e. The van der Waals surface area contributed by atoms with E-state index in [2.05, 4.69) is 54.5 Å². The minimum Gasteiger partial charge on any atom is -0.324 e. The van der Waals surface area contributed by atoms with E-state index in [-0.39, 0.29) is 53.6 Å². The van der Waals surface area contributed by atoms with E-state index in [9.17, 15) is 25.9 Å². The second-order valence-corrected chi connectivity index (χ2v) is 18.3. The summed E-state index contributed by atoms with van der Waals surface area (Å²) in [6, 6.07) is 0. The van der Waals surface area contributed by atoms with Gasteiger partial charge in [0, 0.05) is 12.3 Å². The van der Waals surface area contributed by atoms with Gasteiger partial charge in [-0.05, 0) is 112 Å². The Morgan fingerprint density at radius 2 is 1.61 bits per heavy atom. The zero-order valence-corrected chi connectivity index (χ0v) is 29.9. The molecule has 0 spiro atoms. The van der Waals surface area contributed by atoms with E-state index < -0.39 is 44.6 Å². The lowest BCUT2D eigenvalue weighted by Gasteiger charge is -2.62. The molecule has 0 aromatic rings. The molecule has 0 unspecified atom stereocenters. The van der Waals surface area contributed by atoms with Crippen LogP contribution in [-0.2, 0) is 43.4 Å². The summed E-state index contributed by atoms with van der Waals surface area (Å²) in [7, 11) is -9.75. The summed E-state index contributed by atoms with van der Waals surface area (Å²) in [5.74, 6) is 0.506. The SMILES string of the molecule is C/C=C(\C[C@@H]1O[C@]2(CCC)O[C@H]3C[C@H]4[C@@H]5CC[C@H]6C[C@H](OS(=O)(=O)O)[C@@H](OS(=O)(=O)O)C[C@]6(C)[C@H]5CC[C@]4(C)[C@H]3[C@@]1(C)O2)C(C)C. The highest BCUT2D eigenvalue weighted by Crippen LogP contribution is 2.72. The van der Waals surface area contributed by atoms with Crippen molar-refractivity contribution in [3.8, 4) is 0 Å². The molecule has 11 nitrogen and oxygen atoms in total. The van der Waals surface area contributed by atoms with Gasteiger partial charge in [0.1, 0.15) is 17.8 Å². The van der Waals surface area contributed by atoms with Gasteiger partial charge in [0.15, 0.2) is 0 Å². The molecule has 0 radical (unpaired) electrons. The molecule has 6 rings (SSSR count). The van der Waals surface area contributed by atoms with Crippen LogP contribution in [0.3, 0.4) is 0 Å². The van der Waals surface area contributed by atoms with Crippen LogP contribution in [-0.4, -0.2) is 61.9 Å². The molecule has 2 aliphatic heterocycles. The first-order chi connectivity index (χ1) is 21.3. The van der Waals surface area contributed by atoms with Gasteiger partial charge in [-0.25, -0.2) is 8.37 Å². The van der Waals surface area contributed by atoms with Crippen LogP contribution in [0.1, 0.15) is 113 Å². The molecular formula is C33H54O11S2. The van der Waals surface area contributed by atoms with Crippen molar-refractivity contribution in [2.45, 2.75) is 149 Å². The normalized spacial score (nSPS) is 48.9. The maximum absolute atomic E-state index is 11.8. The Labute approximate surface area is 275 Å². The van der Waals surface area contributed by atoms with Crippen LogP contribution in [0.15, 0.2) is 11.6 Å². The summed E-state index contributed by atoms with van der Waals surface area (Å²) in [5.41, 5.74) is 0.408. The van der Waals surface area contributed by atoms with E-state index in [1.807, 2.05) is 0 Å². The summed E-state index contributed by atoms with van der Waals surface area (Å²) in [5, 5.41) is 0. The Bertz CT molecular complexity index is 1430. The van der Waals surface area contributed by atoms with Crippen molar-refractivity contribution in [3.63, 3.8) is 0 Å². The standard InChI is InChI=1S/C33H54O11S2/c1-8-13-33-40-26-17-24-22-11-10-21-16-25(42-45(34,35)36)27(43-46(37,38)39)18-31(21,6)23(22)12-14-30(24,5)29(26)32(7,44-33)28(41-33)15-20(9-2)19(3)4/h9,19,21-29H,8,10-18H2,1-7H3,(H,34,35,36)(H,37,38,39)/b20-9+/t21-,22+,23-,24-,25-,26-,27-,28-,29-,30-,31-,32-,33-/m0/s1. The van der Waals surface area contributed by atoms with Crippen molar-refractivity contribution in [2.24, 2.45) is 46.3 Å². The molecule has 6 fully saturated rings. The van der Waals surface area contributed by atoms with Crippen molar-refractivity contribution >= 4 is 20.8 Å². The number of hydrogen-bond donors (Lipinski definition) is 2. The molecule has 13 atom stereocenters. The molecule has 0 aromatic heterocycles. The van der Waals surface area contributed by atoms with Crippen LogP contribution >= 0.6 is 0 Å². The highest BCUT2D eigenvalue weighted by Gasteiger charge is 2.74. The van der Waals surface area contributed by atoms with Crippen LogP contribution < -0.4 is 0 Å². The largest absolute Gasteiger partial charge is 0.397 e. The highest BCUT2D eigenvalue weighted by atomic mass is 32.3. The molecule has 2 heterocycles. The van der Waals surface area contributed by atoms with Gasteiger partial charge in [0.05, 0.1) is 12.2 Å². The molecule has 2 bridgehead atoms. The fourth-order valence-corrected chi connectivity index (χ4v) is 12.8. The van der Waals surface area contributed by atoms with Crippen molar-refractivity contribution < 1.29 is 48.5 Å². The Hall–Kier alpha value is -0.640. The van der Waals surface area contributed by atoms with Crippen LogP contribution in [0.5, 0.6) is 0 Å². The predicted molar refractivity (Wildman–Crippen MR) is 169 cm³/mol. The minimum atomic E-state index is -4.89. The average molecular weight is 691 g/mol. The van der Waals surface area contributed by atoms with Gasteiger partial charge in [-0.1, -0.05) is 46.3 Å². The second-order valence-electron chi connectivity index (χ2n) is 16.2. The molecule has 0 aromatic carbocycles. The van der Waals surface area contributed by atoms with E-state index in [4.69, 9.17) is 22.6 Å². The second kappa shape index (κ2) is 11.7. The molecule has 46 heavy (non-hydrogen) atoms. The number of fused-ring (bicyclic) bond motifs is 10. The molecule has 0 amide bonds. The van der Waals surface area contributed by atoms with Gasteiger partial charge in [-0.2, -0.15) is 16.8 Å². The van der Waals surface area contributed by atoms with Gasteiger partial charge < -0.3 is 14.2 Å². The average Bonchev–Trinajstić information content (AvgIpc) is 3.33. The number of allylic oxidation sites excluding steroid dienone is 1. The number of rotatable bonds is 9. The summed E-state index contributed by atoms with van der Waals surface area (Å²) < 4.78 is 96.7. The summed E-state index contributed by atoms with van der Waals surface area (Å²) in [4.78, 5) is 0. The van der Waals surface area contributed by atoms with Crippen molar-refractivity contribution in [1.29, 1.82) is 0 Å². The van der Waals surface area contributed by atoms with E-state index in [0.29, 0.717) is 24.2 Å². The van der Waals surface area contributed by atoms with Crippen molar-refractivity contribution in [1.82, 2.24) is 0 Å². The molecule has 2 saturated heterocycles. The van der Waals surface area contributed by atoms with E-state index >= 15 is 0 Å². The Morgan fingerprint density at radius 3 is 2.22 bits per heavy atom.